The minimum absolute atomic E-state index is 0.0259. The molecule has 7 nitrogen and oxygen atoms in total. The number of nitrogens with one attached hydrogen (secondary N) is 1. The molecular weight excluding hydrogens is 368 g/mol. The summed E-state index contributed by atoms with van der Waals surface area (Å²) in [5, 5.41) is 12.0. The third-order valence-electron chi connectivity index (χ3n) is 5.11. The van der Waals surface area contributed by atoms with E-state index in [0.717, 1.165) is 38.2 Å². The van der Waals surface area contributed by atoms with E-state index < -0.39 is 0 Å². The molecule has 0 aliphatic carbocycles. The molecule has 1 amide bonds. The topological polar surface area (TPSA) is 87.5 Å². The summed E-state index contributed by atoms with van der Waals surface area (Å²) >= 11 is 0. The van der Waals surface area contributed by atoms with E-state index in [9.17, 15) is 4.79 Å². The molecule has 1 aliphatic heterocycles. The molecule has 1 atom stereocenters. The number of hydrogen-bond acceptors (Lipinski definition) is 6. The second-order valence-corrected chi connectivity index (χ2v) is 7.14. The summed E-state index contributed by atoms with van der Waals surface area (Å²) in [4.78, 5) is 19.0. The Morgan fingerprint density at radius 2 is 2.03 bits per heavy atom. The average Bonchev–Trinajstić information content (AvgIpc) is 2.77. The molecule has 2 heterocycles. The minimum Gasteiger partial charge on any atom is -0.497 e. The zero-order chi connectivity index (χ0) is 20.6. The van der Waals surface area contributed by atoms with Gasteiger partial charge in [-0.1, -0.05) is 6.07 Å². The highest BCUT2D eigenvalue weighted by atomic mass is 16.5. The molecule has 1 saturated heterocycles. The van der Waals surface area contributed by atoms with Crippen molar-refractivity contribution >= 4 is 17.4 Å². The number of methoxy groups -OCH3 is 2. The number of carbonyl (C=O) groups excluding carboxylic acids is 1. The van der Waals surface area contributed by atoms with Crippen LogP contribution in [0.2, 0.25) is 0 Å². The smallest absolute Gasteiger partial charge is 0.224 e. The summed E-state index contributed by atoms with van der Waals surface area (Å²) in [6, 6.07) is 12.9. The summed E-state index contributed by atoms with van der Waals surface area (Å²) in [5.74, 6) is 2.50. The van der Waals surface area contributed by atoms with Gasteiger partial charge in [-0.05, 0) is 37.3 Å². The number of hydrogen-bond donors (Lipinski definition) is 1. The molecule has 7 heteroatoms. The zero-order valence-electron chi connectivity index (χ0n) is 16.9. The number of carbonyl (C=O) groups is 1. The van der Waals surface area contributed by atoms with Crippen molar-refractivity contribution in [3.8, 4) is 17.6 Å². The first-order valence-corrected chi connectivity index (χ1v) is 9.76. The monoisotopic (exact) mass is 394 g/mol. The third-order valence-corrected chi connectivity index (χ3v) is 5.11. The summed E-state index contributed by atoms with van der Waals surface area (Å²) in [7, 11) is 3.16. The van der Waals surface area contributed by atoms with Crippen LogP contribution >= 0.6 is 0 Å². The quantitative estimate of drug-likeness (QED) is 0.772. The third kappa shape index (κ3) is 5.61. The number of piperidine rings is 1. The second kappa shape index (κ2) is 9.78. The molecule has 1 aliphatic rings. The van der Waals surface area contributed by atoms with E-state index in [0.29, 0.717) is 35.2 Å². The Hall–Kier alpha value is -3.27. The van der Waals surface area contributed by atoms with Crippen LogP contribution in [0.15, 0.2) is 36.4 Å². The number of ether oxygens (including phenoxy) is 2. The van der Waals surface area contributed by atoms with Crippen molar-refractivity contribution in [2.75, 3.05) is 37.5 Å². The maximum Gasteiger partial charge on any atom is 0.224 e. The van der Waals surface area contributed by atoms with Gasteiger partial charge in [0.25, 0.3) is 0 Å². The molecule has 1 fully saturated rings. The van der Waals surface area contributed by atoms with Crippen LogP contribution in [0.5, 0.6) is 11.5 Å². The van der Waals surface area contributed by atoms with Gasteiger partial charge in [-0.15, -0.1) is 0 Å². The maximum absolute atomic E-state index is 12.4. The van der Waals surface area contributed by atoms with Gasteiger partial charge in [0.15, 0.2) is 0 Å². The Balaban J connectivity index is 1.54. The van der Waals surface area contributed by atoms with Crippen LogP contribution in [0.4, 0.5) is 11.5 Å². The molecule has 0 spiro atoms. The summed E-state index contributed by atoms with van der Waals surface area (Å²) in [6.45, 7) is 1.77. The van der Waals surface area contributed by atoms with E-state index in [1.807, 2.05) is 12.1 Å². The molecule has 0 saturated carbocycles. The highest BCUT2D eigenvalue weighted by Gasteiger charge is 2.22. The lowest BCUT2D eigenvalue weighted by molar-refractivity contribution is -0.116. The molecule has 1 N–H and O–H groups in total. The molecule has 0 bridgehead atoms. The van der Waals surface area contributed by atoms with E-state index in [-0.39, 0.29) is 5.91 Å². The van der Waals surface area contributed by atoms with Gasteiger partial charge < -0.3 is 19.7 Å². The predicted molar refractivity (Wildman–Crippen MR) is 111 cm³/mol. The summed E-state index contributed by atoms with van der Waals surface area (Å²) in [5.41, 5.74) is 1.09. The number of anilines is 2. The first-order chi connectivity index (χ1) is 14.1. The Kier molecular flexibility index (Phi) is 6.90. The number of nitrogens with zero attached hydrogens (tertiary/aromatic N) is 3. The second-order valence-electron chi connectivity index (χ2n) is 7.14. The van der Waals surface area contributed by atoms with E-state index in [1.54, 1.807) is 38.5 Å². The molecule has 29 heavy (non-hydrogen) atoms. The highest BCUT2D eigenvalue weighted by molar-refractivity contribution is 5.91. The minimum atomic E-state index is -0.0259. The fraction of sp³-hybridized carbons (Fsp3) is 0.409. The molecule has 152 valence electrons. The predicted octanol–water partition coefficient (Wildman–Crippen LogP) is 3.61. The van der Waals surface area contributed by atoms with Gasteiger partial charge in [-0.2, -0.15) is 5.26 Å². The van der Waals surface area contributed by atoms with Crippen LogP contribution in [0, 0.1) is 17.2 Å². The van der Waals surface area contributed by atoms with Crippen LogP contribution < -0.4 is 19.7 Å². The van der Waals surface area contributed by atoms with Gasteiger partial charge >= 0.3 is 0 Å². The van der Waals surface area contributed by atoms with Gasteiger partial charge in [0.05, 0.1) is 14.2 Å². The maximum atomic E-state index is 12.4. The van der Waals surface area contributed by atoms with Crippen LogP contribution in [0.3, 0.4) is 0 Å². The van der Waals surface area contributed by atoms with E-state index in [1.165, 1.54) is 0 Å². The normalized spacial score (nSPS) is 16.0. The fourth-order valence-corrected chi connectivity index (χ4v) is 3.61. The average molecular weight is 394 g/mol. The fourth-order valence-electron chi connectivity index (χ4n) is 3.61. The molecule has 2 aromatic rings. The molecule has 0 unspecified atom stereocenters. The molecular formula is C22H26N4O3. The number of rotatable bonds is 7. The van der Waals surface area contributed by atoms with E-state index in [4.69, 9.17) is 14.7 Å². The molecule has 3 rings (SSSR count). The number of aromatic nitrogens is 1. The molecule has 1 aromatic heterocycles. The van der Waals surface area contributed by atoms with Crippen molar-refractivity contribution < 1.29 is 14.3 Å². The first-order valence-electron chi connectivity index (χ1n) is 9.76. The van der Waals surface area contributed by atoms with Crippen LogP contribution in [-0.2, 0) is 4.79 Å². The first kappa shape index (κ1) is 20.5. The molecule has 0 radical (unpaired) electrons. The van der Waals surface area contributed by atoms with Crippen molar-refractivity contribution in [3.63, 3.8) is 0 Å². The standard InChI is InChI=1S/C22H26N4O3/c1-28-19-11-18(12-20(13-19)29-2)25-22(27)9-8-16-5-4-10-26(15-16)21-7-3-6-17(14-23)24-21/h3,6-7,11-13,16H,4-5,8-10,15H2,1-2H3,(H,25,27)/t16-/m0/s1. The number of pyridine rings is 1. The lowest BCUT2D eigenvalue weighted by Gasteiger charge is -2.33. The van der Waals surface area contributed by atoms with Gasteiger partial charge in [-0.25, -0.2) is 4.98 Å². The summed E-state index contributed by atoms with van der Waals surface area (Å²) in [6.07, 6.45) is 3.40. The van der Waals surface area contributed by atoms with Crippen molar-refractivity contribution in [2.24, 2.45) is 5.92 Å². The Morgan fingerprint density at radius 1 is 1.28 bits per heavy atom. The van der Waals surface area contributed by atoms with E-state index in [2.05, 4.69) is 21.3 Å². The SMILES string of the molecule is COc1cc(NC(=O)CC[C@@H]2CCCN(c3cccc(C#N)n3)C2)cc(OC)c1. The summed E-state index contributed by atoms with van der Waals surface area (Å²) < 4.78 is 10.5. The van der Waals surface area contributed by atoms with Gasteiger partial charge in [-0.3, -0.25) is 4.79 Å². The number of nitriles is 1. The van der Waals surface area contributed by atoms with Crippen LogP contribution in [0.25, 0.3) is 0 Å². The molecule has 1 aromatic carbocycles. The Bertz CT molecular complexity index is 872. The number of benzene rings is 1. The Labute approximate surface area is 171 Å². The lowest BCUT2D eigenvalue weighted by atomic mass is 9.93. The largest absolute Gasteiger partial charge is 0.497 e. The van der Waals surface area contributed by atoms with E-state index >= 15 is 0 Å². The highest BCUT2D eigenvalue weighted by Crippen LogP contribution is 2.27. The van der Waals surface area contributed by atoms with Crippen molar-refractivity contribution in [2.45, 2.75) is 25.7 Å². The van der Waals surface area contributed by atoms with Gasteiger partial charge in [0.1, 0.15) is 29.1 Å². The lowest BCUT2D eigenvalue weighted by Crippen LogP contribution is -2.36. The van der Waals surface area contributed by atoms with Crippen LogP contribution in [0.1, 0.15) is 31.4 Å². The zero-order valence-corrected chi connectivity index (χ0v) is 16.9. The van der Waals surface area contributed by atoms with Crippen LogP contribution in [-0.4, -0.2) is 38.2 Å². The van der Waals surface area contributed by atoms with Crippen molar-refractivity contribution in [3.05, 3.63) is 42.1 Å². The number of amides is 1. The van der Waals surface area contributed by atoms with Crippen molar-refractivity contribution in [1.82, 2.24) is 4.98 Å². The van der Waals surface area contributed by atoms with Gasteiger partial charge in [0.2, 0.25) is 5.91 Å². The van der Waals surface area contributed by atoms with Gasteiger partial charge in [0, 0.05) is 43.4 Å². The Morgan fingerprint density at radius 3 is 2.72 bits per heavy atom. The van der Waals surface area contributed by atoms with Crippen molar-refractivity contribution in [1.29, 1.82) is 5.26 Å².